The summed E-state index contributed by atoms with van der Waals surface area (Å²) in [5.74, 6) is -2.83. The van der Waals surface area contributed by atoms with Crippen molar-refractivity contribution in [1.29, 1.82) is 0 Å². The van der Waals surface area contributed by atoms with Crippen molar-refractivity contribution in [3.8, 4) is 0 Å². The van der Waals surface area contributed by atoms with Crippen LogP contribution in [0.15, 0.2) is 53.5 Å². The van der Waals surface area contributed by atoms with Crippen molar-refractivity contribution in [3.05, 3.63) is 59.7 Å². The summed E-state index contributed by atoms with van der Waals surface area (Å²) in [5.41, 5.74) is 12.3. The van der Waals surface area contributed by atoms with Gasteiger partial charge in [-0.25, -0.2) is 4.99 Å². The minimum absolute atomic E-state index is 0. The van der Waals surface area contributed by atoms with Gasteiger partial charge < -0.3 is 31.7 Å². The van der Waals surface area contributed by atoms with Crippen LogP contribution in [0.1, 0.15) is 28.4 Å². The van der Waals surface area contributed by atoms with E-state index in [4.69, 9.17) is 11.5 Å². The average molecular weight is 489 g/mol. The molecule has 1 aliphatic heterocycles. The number of guanidine groups is 1. The number of anilines is 1. The second-order valence-corrected chi connectivity index (χ2v) is 7.48. The number of amides is 3. The maximum Gasteiger partial charge on any atom is 0.305 e. The van der Waals surface area contributed by atoms with E-state index in [1.165, 1.54) is 18.0 Å². The van der Waals surface area contributed by atoms with Crippen LogP contribution in [-0.2, 0) is 14.4 Å². The number of carboxylic acid groups (broad SMARTS) is 1. The van der Waals surface area contributed by atoms with Crippen LogP contribution in [0.25, 0.3) is 0 Å². The smallest absolute Gasteiger partial charge is 0.305 e. The van der Waals surface area contributed by atoms with Gasteiger partial charge in [-0.3, -0.25) is 19.2 Å². The van der Waals surface area contributed by atoms with Gasteiger partial charge in [-0.05, 0) is 23.8 Å². The first-order valence-corrected chi connectivity index (χ1v) is 10.0. The van der Waals surface area contributed by atoms with Crippen molar-refractivity contribution in [3.63, 3.8) is 0 Å². The van der Waals surface area contributed by atoms with Gasteiger partial charge in [0.05, 0.1) is 29.4 Å². The lowest BCUT2D eigenvalue weighted by atomic mass is 10.0. The van der Waals surface area contributed by atoms with E-state index in [1.54, 1.807) is 42.5 Å². The molecule has 11 nitrogen and oxygen atoms in total. The first-order chi connectivity index (χ1) is 15.7. The molecule has 0 saturated carbocycles. The van der Waals surface area contributed by atoms with Gasteiger partial charge in [0.25, 0.3) is 5.91 Å². The van der Waals surface area contributed by atoms with Crippen LogP contribution in [0.5, 0.6) is 0 Å². The van der Waals surface area contributed by atoms with Crippen LogP contribution in [0.3, 0.4) is 0 Å². The minimum Gasteiger partial charge on any atom is -0.481 e. The molecule has 2 aromatic carbocycles. The van der Waals surface area contributed by atoms with E-state index in [2.05, 4.69) is 10.3 Å². The molecule has 1 heterocycles. The van der Waals surface area contributed by atoms with E-state index < -0.39 is 36.3 Å². The van der Waals surface area contributed by atoms with Gasteiger partial charge in [-0.1, -0.05) is 30.3 Å². The Bertz CT molecular complexity index is 1120. The highest BCUT2D eigenvalue weighted by Crippen LogP contribution is 2.29. The van der Waals surface area contributed by atoms with Crippen molar-refractivity contribution in [1.82, 2.24) is 10.2 Å². The highest BCUT2D eigenvalue weighted by atomic mass is 35.5. The van der Waals surface area contributed by atoms with Crippen LogP contribution >= 0.6 is 12.4 Å². The minimum atomic E-state index is -1.09. The van der Waals surface area contributed by atoms with Crippen LogP contribution in [-0.4, -0.2) is 59.8 Å². The topological polar surface area (TPSA) is 171 Å². The molecular weight excluding hydrogens is 464 g/mol. The average Bonchev–Trinajstić information content (AvgIpc) is 2.84. The molecule has 34 heavy (non-hydrogen) atoms. The molecule has 3 amide bonds. The summed E-state index contributed by atoms with van der Waals surface area (Å²) in [6.07, 6.45) is -0.337. The Morgan fingerprint density at radius 2 is 1.82 bits per heavy atom. The predicted octanol–water partition coefficient (Wildman–Crippen LogP) is 0.764. The summed E-state index contributed by atoms with van der Waals surface area (Å²) in [6.45, 7) is -0.767. The number of fused-ring (bicyclic) bond motifs is 1. The lowest BCUT2D eigenvalue weighted by Gasteiger charge is -2.22. The zero-order valence-corrected chi connectivity index (χ0v) is 19.1. The number of rotatable bonds is 7. The number of carbonyl (C=O) groups is 4. The number of aliphatic imine (C=N–C) groups is 1. The summed E-state index contributed by atoms with van der Waals surface area (Å²) >= 11 is 0. The largest absolute Gasteiger partial charge is 0.481 e. The van der Waals surface area contributed by atoms with E-state index in [0.29, 0.717) is 16.9 Å². The molecule has 0 bridgehead atoms. The number of carboxylic acids is 1. The Morgan fingerprint density at radius 3 is 2.44 bits per heavy atom. The number of nitrogens with two attached hydrogens (primary N) is 2. The van der Waals surface area contributed by atoms with Crippen LogP contribution in [0, 0.1) is 0 Å². The number of aliphatic carboxylic acids is 1. The molecule has 180 valence electrons. The number of hydrogen-bond donors (Lipinski definition) is 4. The van der Waals surface area contributed by atoms with Crippen molar-refractivity contribution in [2.75, 3.05) is 25.0 Å². The van der Waals surface area contributed by atoms with Gasteiger partial charge in [0.2, 0.25) is 11.8 Å². The SMILES string of the molecule is CN1C(=O)CN(CC(=O)N[C@@H](CC(=O)O)c2ccccc2)C(=O)c2cc(N=C(N)N)ccc21.Cl. The molecule has 0 aromatic heterocycles. The third-order valence-corrected chi connectivity index (χ3v) is 5.07. The molecule has 3 rings (SSSR count). The molecule has 6 N–H and O–H groups in total. The van der Waals surface area contributed by atoms with Crippen LogP contribution in [0.2, 0.25) is 0 Å². The standard InChI is InChI=1S/C22H24N6O5.ClH/c1-27-17-8-7-14(25-22(23)24)9-15(17)21(33)28(12-19(27)30)11-18(29)26-16(10-20(31)32)13-5-3-2-4-6-13;/h2-9,16H,10-12H2,1H3,(H,26,29)(H,31,32)(H4,23,24,25);1H/t16-;/m0./s1. The molecule has 0 unspecified atom stereocenters. The van der Waals surface area contributed by atoms with E-state index in [1.807, 2.05) is 0 Å². The summed E-state index contributed by atoms with van der Waals surface area (Å²) in [7, 11) is 1.52. The van der Waals surface area contributed by atoms with E-state index >= 15 is 0 Å². The first-order valence-electron chi connectivity index (χ1n) is 10.0. The molecule has 2 aromatic rings. The Balaban J connectivity index is 0.00000408. The van der Waals surface area contributed by atoms with Crippen LogP contribution in [0.4, 0.5) is 11.4 Å². The number of likely N-dealkylation sites (N-methyl/N-ethyl adjacent to an activating group) is 1. The fraction of sp³-hybridized carbons (Fsp3) is 0.227. The van der Waals surface area contributed by atoms with Gasteiger partial charge in [0.15, 0.2) is 5.96 Å². The van der Waals surface area contributed by atoms with Gasteiger partial charge in [0, 0.05) is 7.05 Å². The molecule has 0 aliphatic carbocycles. The second-order valence-electron chi connectivity index (χ2n) is 7.48. The van der Waals surface area contributed by atoms with Gasteiger partial charge in [-0.2, -0.15) is 0 Å². The normalized spacial score (nSPS) is 13.8. The maximum absolute atomic E-state index is 13.2. The molecule has 1 atom stereocenters. The van der Waals surface area contributed by atoms with Gasteiger partial charge >= 0.3 is 5.97 Å². The Hall–Kier alpha value is -4.12. The lowest BCUT2D eigenvalue weighted by Crippen LogP contribution is -2.44. The van der Waals surface area contributed by atoms with E-state index in [9.17, 15) is 24.3 Å². The zero-order chi connectivity index (χ0) is 24.1. The Labute approximate surface area is 201 Å². The van der Waals surface area contributed by atoms with E-state index in [0.717, 1.165) is 4.90 Å². The molecular formula is C22H25ClN6O5. The zero-order valence-electron chi connectivity index (χ0n) is 18.3. The highest BCUT2D eigenvalue weighted by Gasteiger charge is 2.31. The highest BCUT2D eigenvalue weighted by molar-refractivity contribution is 6.10. The summed E-state index contributed by atoms with van der Waals surface area (Å²) in [5, 5.41) is 11.9. The summed E-state index contributed by atoms with van der Waals surface area (Å²) < 4.78 is 0. The van der Waals surface area contributed by atoms with Crippen molar-refractivity contribution >= 4 is 53.4 Å². The first kappa shape index (κ1) is 26.1. The lowest BCUT2D eigenvalue weighted by molar-refractivity contribution is -0.137. The quantitative estimate of drug-likeness (QED) is 0.329. The van der Waals surface area contributed by atoms with Crippen LogP contribution < -0.4 is 21.7 Å². The molecule has 0 radical (unpaired) electrons. The number of hydrogen-bond acceptors (Lipinski definition) is 5. The number of carbonyl (C=O) groups excluding carboxylic acids is 3. The Morgan fingerprint density at radius 1 is 1.15 bits per heavy atom. The van der Waals surface area contributed by atoms with Crippen molar-refractivity contribution in [2.24, 2.45) is 16.5 Å². The fourth-order valence-corrected chi connectivity index (χ4v) is 3.51. The molecule has 12 heteroatoms. The number of nitrogens with one attached hydrogen (secondary N) is 1. The number of benzene rings is 2. The third-order valence-electron chi connectivity index (χ3n) is 5.07. The maximum atomic E-state index is 13.2. The molecule has 0 fully saturated rings. The number of halogens is 1. The second kappa shape index (κ2) is 11.1. The van der Waals surface area contributed by atoms with Gasteiger partial charge in [-0.15, -0.1) is 12.4 Å². The molecule has 1 aliphatic rings. The summed E-state index contributed by atoms with van der Waals surface area (Å²) in [6, 6.07) is 12.4. The fourth-order valence-electron chi connectivity index (χ4n) is 3.51. The third kappa shape index (κ3) is 6.23. The molecule has 0 spiro atoms. The Kier molecular flexibility index (Phi) is 8.57. The van der Waals surface area contributed by atoms with Gasteiger partial charge in [0.1, 0.15) is 13.1 Å². The van der Waals surface area contributed by atoms with Crippen molar-refractivity contribution < 1.29 is 24.3 Å². The monoisotopic (exact) mass is 488 g/mol. The molecule has 0 saturated heterocycles. The van der Waals surface area contributed by atoms with Crippen molar-refractivity contribution in [2.45, 2.75) is 12.5 Å². The van der Waals surface area contributed by atoms with E-state index in [-0.39, 0.29) is 36.9 Å². The summed E-state index contributed by atoms with van der Waals surface area (Å²) in [4.78, 5) is 56.2. The predicted molar refractivity (Wildman–Crippen MR) is 128 cm³/mol. The number of nitrogens with zero attached hydrogens (tertiary/aromatic N) is 3.